The van der Waals surface area contributed by atoms with Crippen molar-refractivity contribution in [3.8, 4) is 11.3 Å². The lowest BCUT2D eigenvalue weighted by Crippen LogP contribution is -1.89. The van der Waals surface area contributed by atoms with Gasteiger partial charge in [0.1, 0.15) is 0 Å². The predicted octanol–water partition coefficient (Wildman–Crippen LogP) is 4.17. The highest BCUT2D eigenvalue weighted by Gasteiger charge is 2.08. The van der Waals surface area contributed by atoms with Gasteiger partial charge < -0.3 is 5.73 Å². The van der Waals surface area contributed by atoms with Crippen molar-refractivity contribution in [3.63, 3.8) is 0 Å². The van der Waals surface area contributed by atoms with Gasteiger partial charge in [0, 0.05) is 16.9 Å². The lowest BCUT2D eigenvalue weighted by Gasteiger charge is -2.01. The van der Waals surface area contributed by atoms with Crippen molar-refractivity contribution in [1.29, 1.82) is 0 Å². The lowest BCUT2D eigenvalue weighted by atomic mass is 10.1. The Morgan fingerprint density at radius 3 is 2.69 bits per heavy atom. The summed E-state index contributed by atoms with van der Waals surface area (Å²) in [6.07, 6.45) is 0. The van der Waals surface area contributed by atoms with E-state index in [0.717, 1.165) is 16.3 Å². The van der Waals surface area contributed by atoms with E-state index in [9.17, 15) is 0 Å². The van der Waals surface area contributed by atoms with Crippen molar-refractivity contribution in [2.24, 2.45) is 0 Å². The largest absolute Gasteiger partial charge is 0.398 e. The van der Waals surface area contributed by atoms with E-state index in [-0.39, 0.29) is 0 Å². The number of hydrogen-bond donors (Lipinski definition) is 1. The molecule has 0 amide bonds. The van der Waals surface area contributed by atoms with Gasteiger partial charge in [-0.2, -0.15) is 0 Å². The van der Waals surface area contributed by atoms with E-state index in [2.05, 4.69) is 24.2 Å². The van der Waals surface area contributed by atoms with Gasteiger partial charge in [0.2, 0.25) is 0 Å². The van der Waals surface area contributed by atoms with Crippen LogP contribution in [0, 0.1) is 0 Å². The summed E-state index contributed by atoms with van der Waals surface area (Å²) >= 11 is 7.56. The highest BCUT2D eigenvalue weighted by molar-refractivity contribution is 7.10. The fraction of sp³-hybridized carbons (Fsp3) is 0.250. The van der Waals surface area contributed by atoms with E-state index in [4.69, 9.17) is 17.3 Å². The zero-order chi connectivity index (χ0) is 11.7. The molecule has 0 bridgehead atoms. The molecular weight excluding hydrogens is 240 g/mol. The molecule has 0 saturated heterocycles. The first-order valence-corrected chi connectivity index (χ1v) is 6.34. The number of thiazole rings is 1. The summed E-state index contributed by atoms with van der Waals surface area (Å²) in [5.41, 5.74) is 8.35. The quantitative estimate of drug-likeness (QED) is 0.815. The maximum absolute atomic E-state index is 5.88. The molecule has 2 rings (SSSR count). The Hall–Kier alpha value is -1.06. The molecule has 2 nitrogen and oxygen atoms in total. The minimum atomic E-state index is 0.461. The average molecular weight is 253 g/mol. The summed E-state index contributed by atoms with van der Waals surface area (Å²) in [5.74, 6) is 0.461. The number of nitrogens with zero attached hydrogens (tertiary/aromatic N) is 1. The molecular formula is C12H13ClN2S. The highest BCUT2D eigenvalue weighted by Crippen LogP contribution is 2.29. The number of hydrogen-bond acceptors (Lipinski definition) is 3. The predicted molar refractivity (Wildman–Crippen MR) is 71.1 cm³/mol. The normalized spacial score (nSPS) is 11.0. The van der Waals surface area contributed by atoms with Gasteiger partial charge in [0.15, 0.2) is 0 Å². The van der Waals surface area contributed by atoms with Gasteiger partial charge in [0.05, 0.1) is 21.4 Å². The minimum absolute atomic E-state index is 0.461. The van der Waals surface area contributed by atoms with E-state index < -0.39 is 0 Å². The standard InChI is InChI=1S/C12H13ClN2S/c1-7(2)12-15-11(6-16-12)8-3-4-9(13)10(14)5-8/h3-7H,14H2,1-2H3. The molecule has 1 aromatic heterocycles. The van der Waals surface area contributed by atoms with Crippen LogP contribution < -0.4 is 5.73 Å². The molecule has 0 aliphatic rings. The summed E-state index contributed by atoms with van der Waals surface area (Å²) in [7, 11) is 0. The summed E-state index contributed by atoms with van der Waals surface area (Å²) in [6, 6.07) is 5.61. The Bertz CT molecular complexity index is 505. The second kappa shape index (κ2) is 4.44. The van der Waals surface area contributed by atoms with Crippen molar-refractivity contribution in [2.45, 2.75) is 19.8 Å². The van der Waals surface area contributed by atoms with E-state index >= 15 is 0 Å². The summed E-state index contributed by atoms with van der Waals surface area (Å²) in [6.45, 7) is 4.28. The monoisotopic (exact) mass is 252 g/mol. The molecule has 2 aromatic rings. The zero-order valence-electron chi connectivity index (χ0n) is 9.20. The molecule has 84 valence electrons. The van der Waals surface area contributed by atoms with Gasteiger partial charge in [-0.1, -0.05) is 31.5 Å². The fourth-order valence-electron chi connectivity index (χ4n) is 1.39. The second-order valence-corrected chi connectivity index (χ2v) is 5.26. The van der Waals surface area contributed by atoms with Crippen LogP contribution in [0.25, 0.3) is 11.3 Å². The topological polar surface area (TPSA) is 38.9 Å². The second-order valence-electron chi connectivity index (χ2n) is 3.96. The van der Waals surface area contributed by atoms with E-state index in [1.165, 1.54) is 0 Å². The Kier molecular flexibility index (Phi) is 3.17. The van der Waals surface area contributed by atoms with Crippen LogP contribution in [0.2, 0.25) is 5.02 Å². The maximum atomic E-state index is 5.88. The first kappa shape index (κ1) is 11.4. The first-order chi connectivity index (χ1) is 7.58. The Morgan fingerprint density at radius 2 is 2.12 bits per heavy atom. The molecule has 1 heterocycles. The molecule has 0 saturated carbocycles. The molecule has 4 heteroatoms. The van der Waals surface area contributed by atoms with Crippen molar-refractivity contribution >= 4 is 28.6 Å². The van der Waals surface area contributed by atoms with Crippen LogP contribution in [-0.4, -0.2) is 4.98 Å². The van der Waals surface area contributed by atoms with Crippen molar-refractivity contribution < 1.29 is 0 Å². The van der Waals surface area contributed by atoms with Gasteiger partial charge in [0.25, 0.3) is 0 Å². The van der Waals surface area contributed by atoms with Crippen LogP contribution in [0.1, 0.15) is 24.8 Å². The van der Waals surface area contributed by atoms with Crippen molar-refractivity contribution in [1.82, 2.24) is 4.98 Å². The maximum Gasteiger partial charge on any atom is 0.0958 e. The SMILES string of the molecule is CC(C)c1nc(-c2ccc(Cl)c(N)c2)cs1. The van der Waals surface area contributed by atoms with Gasteiger partial charge in [-0.25, -0.2) is 4.98 Å². The van der Waals surface area contributed by atoms with Crippen molar-refractivity contribution in [3.05, 3.63) is 33.6 Å². The van der Waals surface area contributed by atoms with Crippen LogP contribution in [0.4, 0.5) is 5.69 Å². The van der Waals surface area contributed by atoms with E-state index in [1.807, 2.05) is 12.1 Å². The number of anilines is 1. The third-order valence-corrected chi connectivity index (χ3v) is 3.80. The lowest BCUT2D eigenvalue weighted by molar-refractivity contribution is 0.853. The van der Waals surface area contributed by atoms with E-state index in [0.29, 0.717) is 16.6 Å². The molecule has 0 radical (unpaired) electrons. The highest BCUT2D eigenvalue weighted by atomic mass is 35.5. The van der Waals surface area contributed by atoms with Crippen LogP contribution in [0.5, 0.6) is 0 Å². The third-order valence-electron chi connectivity index (χ3n) is 2.31. The van der Waals surface area contributed by atoms with E-state index in [1.54, 1.807) is 17.4 Å². The summed E-state index contributed by atoms with van der Waals surface area (Å²) < 4.78 is 0. The number of nitrogens with two attached hydrogens (primary N) is 1. The molecule has 0 aliphatic carbocycles. The summed E-state index contributed by atoms with van der Waals surface area (Å²) in [5, 5.41) is 3.78. The fourth-order valence-corrected chi connectivity index (χ4v) is 2.35. The minimum Gasteiger partial charge on any atom is -0.398 e. The molecule has 0 fully saturated rings. The molecule has 2 N–H and O–H groups in total. The summed E-state index contributed by atoms with van der Waals surface area (Å²) in [4.78, 5) is 4.57. The van der Waals surface area contributed by atoms with Gasteiger partial charge in [-0.05, 0) is 12.1 Å². The Balaban J connectivity index is 2.39. The molecule has 0 spiro atoms. The van der Waals surface area contributed by atoms with Gasteiger partial charge >= 0.3 is 0 Å². The van der Waals surface area contributed by atoms with Crippen LogP contribution in [0.15, 0.2) is 23.6 Å². The van der Waals surface area contributed by atoms with Crippen LogP contribution in [-0.2, 0) is 0 Å². The molecule has 0 aliphatic heterocycles. The average Bonchev–Trinajstić information content (AvgIpc) is 2.71. The third kappa shape index (κ3) is 2.20. The Labute approximate surface area is 104 Å². The Morgan fingerprint density at radius 1 is 1.38 bits per heavy atom. The molecule has 1 aromatic carbocycles. The first-order valence-electron chi connectivity index (χ1n) is 5.08. The van der Waals surface area contributed by atoms with Crippen LogP contribution >= 0.6 is 22.9 Å². The van der Waals surface area contributed by atoms with Gasteiger partial charge in [-0.3, -0.25) is 0 Å². The van der Waals surface area contributed by atoms with Crippen LogP contribution in [0.3, 0.4) is 0 Å². The van der Waals surface area contributed by atoms with Gasteiger partial charge in [-0.15, -0.1) is 11.3 Å². The molecule has 16 heavy (non-hydrogen) atoms. The molecule has 0 unspecified atom stereocenters. The number of nitrogen functional groups attached to an aromatic ring is 1. The molecule has 0 atom stereocenters. The van der Waals surface area contributed by atoms with Crippen molar-refractivity contribution in [2.75, 3.05) is 5.73 Å². The smallest absolute Gasteiger partial charge is 0.0958 e. The number of aromatic nitrogens is 1. The number of benzene rings is 1. The number of halogens is 1. The number of rotatable bonds is 2. The zero-order valence-corrected chi connectivity index (χ0v) is 10.8.